The van der Waals surface area contributed by atoms with Gasteiger partial charge in [-0.3, -0.25) is 9.59 Å². The number of anilines is 1. The van der Waals surface area contributed by atoms with Crippen LogP contribution in [0.1, 0.15) is 29.6 Å². The first kappa shape index (κ1) is 16.3. The molecule has 8 heteroatoms. The Morgan fingerprint density at radius 3 is 3.12 bits per heavy atom. The van der Waals surface area contributed by atoms with Gasteiger partial charge >= 0.3 is 0 Å². The van der Waals surface area contributed by atoms with E-state index in [2.05, 4.69) is 10.3 Å². The van der Waals surface area contributed by atoms with Crippen molar-refractivity contribution < 1.29 is 14.7 Å². The number of nitrogens with two attached hydrogens (primary N) is 1. The molecule has 0 radical (unpaired) electrons. The van der Waals surface area contributed by atoms with Crippen molar-refractivity contribution in [2.45, 2.75) is 25.4 Å². The van der Waals surface area contributed by atoms with Gasteiger partial charge in [0.05, 0.1) is 27.3 Å². The Morgan fingerprint density at radius 1 is 1.48 bits per heavy atom. The third kappa shape index (κ3) is 2.56. The Labute approximate surface area is 148 Å². The standard InChI is InChI=1S/C17H20N4O3S/c18-16-20-11-4-1-3-10(13(11)25-16)14(23)21-8-5-12(22)17(9-21)6-2-7-19-15(17)24/h1,3-4,12,22H,2,5-9H2,(H2,18,20)(H,19,24)/t12-,17+/m0/s1. The molecule has 0 unspecified atom stereocenters. The Hall–Kier alpha value is -2.19. The van der Waals surface area contributed by atoms with Crippen LogP contribution >= 0.6 is 11.3 Å². The third-order valence-corrected chi connectivity index (χ3v) is 6.20. The molecule has 2 amide bonds. The fourth-order valence-corrected chi connectivity index (χ4v) is 4.76. The lowest BCUT2D eigenvalue weighted by Crippen LogP contribution is -2.62. The summed E-state index contributed by atoms with van der Waals surface area (Å²) in [5, 5.41) is 13.7. The first-order chi connectivity index (χ1) is 12.0. The molecule has 0 saturated carbocycles. The highest BCUT2D eigenvalue weighted by atomic mass is 32.1. The average molecular weight is 360 g/mol. The van der Waals surface area contributed by atoms with Gasteiger partial charge in [0.25, 0.3) is 5.91 Å². The number of carbonyl (C=O) groups is 2. The van der Waals surface area contributed by atoms with Crippen LogP contribution < -0.4 is 11.1 Å². The fourth-order valence-electron chi connectivity index (χ4n) is 3.92. The van der Waals surface area contributed by atoms with Crippen LogP contribution in [0.15, 0.2) is 18.2 Å². The minimum absolute atomic E-state index is 0.140. The summed E-state index contributed by atoms with van der Waals surface area (Å²) in [7, 11) is 0. The second-order valence-corrected chi connectivity index (χ2v) is 7.78. The molecule has 2 aliphatic rings. The van der Waals surface area contributed by atoms with E-state index < -0.39 is 11.5 Å². The van der Waals surface area contributed by atoms with E-state index in [9.17, 15) is 14.7 Å². The zero-order chi connectivity index (χ0) is 17.6. The highest BCUT2D eigenvalue weighted by Gasteiger charge is 2.50. The summed E-state index contributed by atoms with van der Waals surface area (Å²) < 4.78 is 0.762. The molecule has 1 aromatic heterocycles. The largest absolute Gasteiger partial charge is 0.392 e. The molecular formula is C17H20N4O3S. The molecule has 0 bridgehead atoms. The molecule has 4 N–H and O–H groups in total. The van der Waals surface area contributed by atoms with Crippen LogP contribution in [0.25, 0.3) is 10.2 Å². The first-order valence-electron chi connectivity index (χ1n) is 8.42. The number of fused-ring (bicyclic) bond motifs is 1. The van der Waals surface area contributed by atoms with E-state index >= 15 is 0 Å². The summed E-state index contributed by atoms with van der Waals surface area (Å²) in [4.78, 5) is 31.5. The van der Waals surface area contributed by atoms with Crippen molar-refractivity contribution in [1.82, 2.24) is 15.2 Å². The number of aliphatic hydroxyl groups is 1. The SMILES string of the molecule is Nc1nc2cccc(C(=O)N3CC[C@H](O)[C@@]4(CCCNC4=O)C3)c2s1. The van der Waals surface area contributed by atoms with E-state index in [0.717, 1.165) is 11.1 Å². The second-order valence-electron chi connectivity index (χ2n) is 6.75. The smallest absolute Gasteiger partial charge is 0.255 e. The molecule has 7 nitrogen and oxygen atoms in total. The number of thiazole rings is 1. The molecule has 25 heavy (non-hydrogen) atoms. The van der Waals surface area contributed by atoms with Crippen LogP contribution in [0.2, 0.25) is 0 Å². The van der Waals surface area contributed by atoms with Crippen molar-refractivity contribution >= 4 is 38.5 Å². The molecule has 1 aromatic carbocycles. The second kappa shape index (κ2) is 5.96. The molecule has 2 aromatic rings. The number of nitrogens with zero attached hydrogens (tertiary/aromatic N) is 2. The fraction of sp³-hybridized carbons (Fsp3) is 0.471. The maximum atomic E-state index is 13.1. The van der Waals surface area contributed by atoms with Gasteiger partial charge in [-0.05, 0) is 31.4 Å². The molecule has 1 spiro atoms. The minimum Gasteiger partial charge on any atom is -0.392 e. The van der Waals surface area contributed by atoms with E-state index in [0.29, 0.717) is 42.1 Å². The third-order valence-electron chi connectivity index (χ3n) is 5.27. The van der Waals surface area contributed by atoms with Crippen LogP contribution in [0, 0.1) is 5.41 Å². The van der Waals surface area contributed by atoms with Gasteiger partial charge < -0.3 is 21.1 Å². The topological polar surface area (TPSA) is 109 Å². The van der Waals surface area contributed by atoms with Gasteiger partial charge in [-0.25, -0.2) is 4.98 Å². The summed E-state index contributed by atoms with van der Waals surface area (Å²) in [6.45, 7) is 1.30. The van der Waals surface area contributed by atoms with Gasteiger partial charge in [0, 0.05) is 19.6 Å². The number of rotatable bonds is 1. The molecule has 0 aliphatic carbocycles. The highest BCUT2D eigenvalue weighted by molar-refractivity contribution is 7.22. The molecular weight excluding hydrogens is 340 g/mol. The van der Waals surface area contributed by atoms with Crippen LogP contribution in [0.5, 0.6) is 0 Å². The molecule has 2 atom stereocenters. The molecule has 3 heterocycles. The number of carbonyl (C=O) groups excluding carboxylic acids is 2. The van der Waals surface area contributed by atoms with Gasteiger partial charge in [-0.15, -0.1) is 0 Å². The van der Waals surface area contributed by atoms with Gasteiger partial charge in [0.2, 0.25) is 5.91 Å². The van der Waals surface area contributed by atoms with Gasteiger partial charge in [-0.1, -0.05) is 17.4 Å². The van der Waals surface area contributed by atoms with E-state index in [1.807, 2.05) is 6.07 Å². The Morgan fingerprint density at radius 2 is 2.32 bits per heavy atom. The van der Waals surface area contributed by atoms with Crippen molar-refractivity contribution in [3.05, 3.63) is 23.8 Å². The number of hydrogen-bond acceptors (Lipinski definition) is 6. The monoisotopic (exact) mass is 360 g/mol. The number of aliphatic hydroxyl groups excluding tert-OH is 1. The Bertz CT molecular complexity index is 852. The van der Waals surface area contributed by atoms with Gasteiger partial charge in [0.15, 0.2) is 5.13 Å². The Kier molecular flexibility index (Phi) is 3.88. The number of benzene rings is 1. The quantitative estimate of drug-likeness (QED) is 0.702. The number of nitrogens with one attached hydrogen (secondary N) is 1. The number of aromatic nitrogens is 1. The van der Waals surface area contributed by atoms with Crippen LogP contribution in [-0.4, -0.2) is 52.5 Å². The summed E-state index contributed by atoms with van der Waals surface area (Å²) in [5.74, 6) is -0.289. The summed E-state index contributed by atoms with van der Waals surface area (Å²) in [5.41, 5.74) is 6.14. The van der Waals surface area contributed by atoms with Crippen molar-refractivity contribution in [1.29, 1.82) is 0 Å². The first-order valence-corrected chi connectivity index (χ1v) is 9.23. The van der Waals surface area contributed by atoms with Crippen molar-refractivity contribution in [2.75, 3.05) is 25.4 Å². The minimum atomic E-state index is -0.896. The maximum absolute atomic E-state index is 13.1. The molecule has 132 valence electrons. The Balaban J connectivity index is 1.67. The number of likely N-dealkylation sites (tertiary alicyclic amines) is 1. The van der Waals surface area contributed by atoms with E-state index in [-0.39, 0.29) is 18.4 Å². The van der Waals surface area contributed by atoms with Crippen LogP contribution in [0.4, 0.5) is 5.13 Å². The lowest BCUT2D eigenvalue weighted by molar-refractivity contribution is -0.147. The normalized spacial score (nSPS) is 26.8. The van der Waals surface area contributed by atoms with E-state index in [4.69, 9.17) is 5.73 Å². The highest BCUT2D eigenvalue weighted by Crippen LogP contribution is 2.38. The van der Waals surface area contributed by atoms with Gasteiger partial charge in [0.1, 0.15) is 0 Å². The predicted molar refractivity (Wildman–Crippen MR) is 95.2 cm³/mol. The van der Waals surface area contributed by atoms with Crippen LogP contribution in [0.3, 0.4) is 0 Å². The van der Waals surface area contributed by atoms with Crippen molar-refractivity contribution in [3.63, 3.8) is 0 Å². The maximum Gasteiger partial charge on any atom is 0.255 e. The lowest BCUT2D eigenvalue weighted by Gasteiger charge is -2.46. The average Bonchev–Trinajstić information content (AvgIpc) is 2.99. The number of amides is 2. The van der Waals surface area contributed by atoms with E-state index in [1.54, 1.807) is 17.0 Å². The number of piperidine rings is 2. The number of hydrogen-bond donors (Lipinski definition) is 3. The van der Waals surface area contributed by atoms with Gasteiger partial charge in [-0.2, -0.15) is 0 Å². The summed E-state index contributed by atoms with van der Waals surface area (Å²) >= 11 is 1.29. The number of nitrogen functional groups attached to an aromatic ring is 1. The molecule has 2 fully saturated rings. The molecule has 4 rings (SSSR count). The zero-order valence-electron chi connectivity index (χ0n) is 13.7. The zero-order valence-corrected chi connectivity index (χ0v) is 14.5. The molecule has 2 saturated heterocycles. The van der Waals surface area contributed by atoms with Crippen LogP contribution in [-0.2, 0) is 4.79 Å². The summed E-state index contributed by atoms with van der Waals surface area (Å²) in [6.07, 6.45) is 1.10. The predicted octanol–water partition coefficient (Wildman–Crippen LogP) is 0.982. The van der Waals surface area contributed by atoms with Crippen molar-refractivity contribution in [2.24, 2.45) is 5.41 Å². The summed E-state index contributed by atoms with van der Waals surface area (Å²) in [6, 6.07) is 5.38. The lowest BCUT2D eigenvalue weighted by atomic mass is 9.71. The van der Waals surface area contributed by atoms with E-state index in [1.165, 1.54) is 11.3 Å². The molecule has 2 aliphatic heterocycles. The van der Waals surface area contributed by atoms with Crippen molar-refractivity contribution in [3.8, 4) is 0 Å².